The molecule has 1 aliphatic heterocycles. The van der Waals surface area contributed by atoms with E-state index in [0.717, 1.165) is 16.9 Å². The quantitative estimate of drug-likeness (QED) is 0.740. The highest BCUT2D eigenvalue weighted by atomic mass is 35.5. The van der Waals surface area contributed by atoms with Gasteiger partial charge in [-0.15, -0.1) is 0 Å². The predicted molar refractivity (Wildman–Crippen MR) is 103 cm³/mol. The minimum atomic E-state index is -0.0396. The van der Waals surface area contributed by atoms with E-state index < -0.39 is 0 Å². The summed E-state index contributed by atoms with van der Waals surface area (Å²) in [6.45, 7) is 6.50. The largest absolute Gasteiger partial charge is 0.508 e. The number of benzene rings is 2. The molecule has 1 N–H and O–H groups in total. The van der Waals surface area contributed by atoms with Gasteiger partial charge in [-0.2, -0.15) is 0 Å². The van der Waals surface area contributed by atoms with Crippen LogP contribution in [-0.4, -0.2) is 23.9 Å². The summed E-state index contributed by atoms with van der Waals surface area (Å²) in [7, 11) is 2.09. The van der Waals surface area contributed by atoms with E-state index in [0.29, 0.717) is 5.02 Å². The number of allylic oxidation sites excluding steroid dienone is 1. The highest BCUT2D eigenvalue weighted by Crippen LogP contribution is 2.40. The van der Waals surface area contributed by atoms with Crippen LogP contribution in [0.2, 0.25) is 5.02 Å². The Morgan fingerprint density at radius 2 is 1.83 bits per heavy atom. The van der Waals surface area contributed by atoms with Crippen molar-refractivity contribution in [2.45, 2.75) is 26.3 Å². The van der Waals surface area contributed by atoms with E-state index in [-0.39, 0.29) is 11.3 Å². The molecule has 2 aromatic carbocycles. The summed E-state index contributed by atoms with van der Waals surface area (Å²) in [5.41, 5.74) is 5.16. The molecule has 0 unspecified atom stereocenters. The molecule has 4 heteroatoms. The van der Waals surface area contributed by atoms with Gasteiger partial charge >= 0.3 is 0 Å². The molecule has 0 atom stereocenters. The highest BCUT2D eigenvalue weighted by molar-refractivity contribution is 6.33. The lowest BCUT2D eigenvalue weighted by Crippen LogP contribution is -2.42. The highest BCUT2D eigenvalue weighted by Gasteiger charge is 2.28. The van der Waals surface area contributed by atoms with Crippen LogP contribution in [0.1, 0.15) is 31.9 Å². The summed E-state index contributed by atoms with van der Waals surface area (Å²) in [4.78, 5) is 6.68. The van der Waals surface area contributed by atoms with Crippen molar-refractivity contribution in [2.24, 2.45) is 4.99 Å². The number of hydrogen-bond donors (Lipinski definition) is 1. The lowest BCUT2D eigenvalue weighted by atomic mass is 9.88. The van der Waals surface area contributed by atoms with Crippen molar-refractivity contribution in [3.63, 3.8) is 0 Å². The molecule has 1 heterocycles. The van der Waals surface area contributed by atoms with Gasteiger partial charge in [0.05, 0.1) is 16.2 Å². The van der Waals surface area contributed by atoms with Crippen LogP contribution in [0.3, 0.4) is 0 Å². The third kappa shape index (κ3) is 3.04. The molecule has 2 aromatic rings. The minimum Gasteiger partial charge on any atom is -0.508 e. The summed E-state index contributed by atoms with van der Waals surface area (Å²) < 4.78 is 0. The smallest absolute Gasteiger partial charge is 0.115 e. The zero-order valence-electron chi connectivity index (χ0n) is 14.3. The average Bonchev–Trinajstić information content (AvgIpc) is 2.52. The number of anilines is 1. The lowest BCUT2D eigenvalue weighted by molar-refractivity contribution is 0.475. The Kier molecular flexibility index (Phi) is 4.14. The van der Waals surface area contributed by atoms with Crippen LogP contribution in [0.5, 0.6) is 5.75 Å². The van der Waals surface area contributed by atoms with E-state index >= 15 is 0 Å². The summed E-state index contributed by atoms with van der Waals surface area (Å²) in [5.74, 6) is 0.229. The van der Waals surface area contributed by atoms with Crippen LogP contribution < -0.4 is 4.90 Å². The topological polar surface area (TPSA) is 35.8 Å². The number of aliphatic imine (C=N–C) groups is 1. The first-order valence-corrected chi connectivity index (χ1v) is 8.26. The molecule has 0 bridgehead atoms. The Morgan fingerprint density at radius 3 is 2.50 bits per heavy atom. The Labute approximate surface area is 147 Å². The average molecular weight is 341 g/mol. The Morgan fingerprint density at radius 1 is 1.17 bits per heavy atom. The molecule has 0 aliphatic carbocycles. The summed E-state index contributed by atoms with van der Waals surface area (Å²) in [6, 6.07) is 10.8. The molecule has 24 heavy (non-hydrogen) atoms. The van der Waals surface area contributed by atoms with Crippen LogP contribution in [0, 0.1) is 0 Å². The van der Waals surface area contributed by atoms with Crippen LogP contribution >= 0.6 is 11.6 Å². The Balaban J connectivity index is 2.00. The van der Waals surface area contributed by atoms with E-state index in [4.69, 9.17) is 11.6 Å². The zero-order valence-corrected chi connectivity index (χ0v) is 15.1. The van der Waals surface area contributed by atoms with Gasteiger partial charge in [0, 0.05) is 30.1 Å². The second-order valence-corrected chi connectivity index (χ2v) is 7.11. The van der Waals surface area contributed by atoms with E-state index in [1.165, 1.54) is 11.1 Å². The molecule has 3 nitrogen and oxygen atoms in total. The zero-order chi connectivity index (χ0) is 17.5. The van der Waals surface area contributed by atoms with Gasteiger partial charge in [-0.1, -0.05) is 17.7 Å². The van der Waals surface area contributed by atoms with Crippen LogP contribution in [0.15, 0.2) is 47.5 Å². The number of aromatic hydroxyl groups is 1. The second kappa shape index (κ2) is 5.99. The van der Waals surface area contributed by atoms with Crippen molar-refractivity contribution in [3.8, 4) is 5.75 Å². The molecule has 0 aromatic heterocycles. The normalized spacial score (nSPS) is 16.2. The standard InChI is InChI=1S/C20H21ClN2O/c1-13-11-20(2,3)23(4)19-10-18(21)14(9-17(13)19)12-22-15-5-7-16(24)8-6-15/h5-12,24H,1-4H3. The molecule has 124 valence electrons. The van der Waals surface area contributed by atoms with Crippen molar-refractivity contribution in [2.75, 3.05) is 11.9 Å². The number of phenols is 1. The molecule has 0 fully saturated rings. The lowest BCUT2D eigenvalue weighted by Gasteiger charge is -2.40. The van der Waals surface area contributed by atoms with Gasteiger partial charge in [0.2, 0.25) is 0 Å². The first kappa shape index (κ1) is 16.6. The molecule has 1 aliphatic rings. The SMILES string of the molecule is CC1=CC(C)(C)N(C)c2cc(Cl)c(C=Nc3ccc(O)cc3)cc21. The second-order valence-electron chi connectivity index (χ2n) is 6.71. The van der Waals surface area contributed by atoms with Gasteiger partial charge in [-0.25, -0.2) is 0 Å². The summed E-state index contributed by atoms with van der Waals surface area (Å²) in [5, 5.41) is 10.0. The number of rotatable bonds is 2. The van der Waals surface area contributed by atoms with E-state index in [9.17, 15) is 5.11 Å². The number of nitrogens with zero attached hydrogens (tertiary/aromatic N) is 2. The van der Waals surface area contributed by atoms with Gasteiger partial charge in [0.1, 0.15) is 5.75 Å². The number of hydrogen-bond acceptors (Lipinski definition) is 3. The maximum atomic E-state index is 9.33. The molecular weight excluding hydrogens is 320 g/mol. The molecule has 0 amide bonds. The molecule has 0 saturated heterocycles. The van der Waals surface area contributed by atoms with Crippen LogP contribution in [0.25, 0.3) is 5.57 Å². The third-order valence-corrected chi connectivity index (χ3v) is 4.87. The third-order valence-electron chi connectivity index (χ3n) is 4.54. The van der Waals surface area contributed by atoms with Gasteiger partial charge < -0.3 is 10.0 Å². The van der Waals surface area contributed by atoms with Crippen molar-refractivity contribution >= 4 is 34.8 Å². The van der Waals surface area contributed by atoms with Gasteiger partial charge in [-0.3, -0.25) is 4.99 Å². The summed E-state index contributed by atoms with van der Waals surface area (Å²) in [6.07, 6.45) is 4.03. The van der Waals surface area contributed by atoms with Gasteiger partial charge in [0.15, 0.2) is 0 Å². The van der Waals surface area contributed by atoms with Crippen molar-refractivity contribution < 1.29 is 5.11 Å². The fourth-order valence-electron chi connectivity index (χ4n) is 2.97. The van der Waals surface area contributed by atoms with Crippen molar-refractivity contribution in [3.05, 3.63) is 58.6 Å². The fraction of sp³-hybridized carbons (Fsp3) is 0.250. The number of halogens is 1. The van der Waals surface area contributed by atoms with Crippen molar-refractivity contribution in [1.82, 2.24) is 0 Å². The Hall–Kier alpha value is -2.26. The van der Waals surface area contributed by atoms with Crippen molar-refractivity contribution in [1.29, 1.82) is 0 Å². The van der Waals surface area contributed by atoms with Gasteiger partial charge in [-0.05, 0) is 62.7 Å². The van der Waals surface area contributed by atoms with Gasteiger partial charge in [0.25, 0.3) is 0 Å². The number of phenolic OH excluding ortho intramolecular Hbond substituents is 1. The number of fused-ring (bicyclic) bond motifs is 1. The van der Waals surface area contributed by atoms with Crippen LogP contribution in [-0.2, 0) is 0 Å². The maximum absolute atomic E-state index is 9.33. The van der Waals surface area contributed by atoms with E-state index in [1.807, 2.05) is 6.07 Å². The molecule has 3 rings (SSSR count). The first-order valence-electron chi connectivity index (χ1n) is 7.88. The molecule has 0 saturated carbocycles. The minimum absolute atomic E-state index is 0.0396. The predicted octanol–water partition coefficient (Wildman–Crippen LogP) is 5.43. The first-order chi connectivity index (χ1) is 11.3. The molecular formula is C20H21ClN2O. The maximum Gasteiger partial charge on any atom is 0.115 e. The molecule has 0 spiro atoms. The number of likely N-dealkylation sites (N-methyl/N-ethyl adjacent to an activating group) is 1. The Bertz CT molecular complexity index is 835. The summed E-state index contributed by atoms with van der Waals surface area (Å²) >= 11 is 6.48. The van der Waals surface area contributed by atoms with E-state index in [1.54, 1.807) is 30.5 Å². The van der Waals surface area contributed by atoms with E-state index in [2.05, 4.69) is 49.9 Å². The molecule has 0 radical (unpaired) electrons. The fourth-order valence-corrected chi connectivity index (χ4v) is 3.18. The van der Waals surface area contributed by atoms with Crippen LogP contribution in [0.4, 0.5) is 11.4 Å². The monoisotopic (exact) mass is 340 g/mol.